The van der Waals surface area contributed by atoms with Crippen LogP contribution in [-0.4, -0.2) is 49.4 Å². The van der Waals surface area contributed by atoms with E-state index in [0.717, 1.165) is 17.8 Å². The quantitative estimate of drug-likeness (QED) is 0.458. The van der Waals surface area contributed by atoms with Crippen LogP contribution in [0.4, 0.5) is 13.2 Å². The number of rotatable bonds is 4. The number of carboxylic acid groups (broad SMARTS) is 1. The predicted molar refractivity (Wildman–Crippen MR) is 131 cm³/mol. The van der Waals surface area contributed by atoms with Crippen LogP contribution in [0.25, 0.3) is 17.0 Å². The van der Waals surface area contributed by atoms with Crippen LogP contribution in [0, 0.1) is 0 Å². The van der Waals surface area contributed by atoms with Crippen molar-refractivity contribution in [1.29, 1.82) is 0 Å². The largest absolute Gasteiger partial charge is 0.480 e. The molecule has 12 heteroatoms. The number of alkyl halides is 3. The fraction of sp³-hybridized carbons (Fsp3) is 0.250. The molecule has 1 atom stereocenters. The molecule has 1 fully saturated rings. The number of hydrogen-bond acceptors (Lipinski definition) is 5. The number of aliphatic carboxylic acids is 1. The van der Waals surface area contributed by atoms with Crippen LogP contribution in [0.2, 0.25) is 5.02 Å². The summed E-state index contributed by atoms with van der Waals surface area (Å²) in [5.41, 5.74) is 0.551. The molecule has 2 aliphatic heterocycles. The zero-order valence-electron chi connectivity index (χ0n) is 18.5. The summed E-state index contributed by atoms with van der Waals surface area (Å²) in [5, 5.41) is 14.7. The first-order valence-corrected chi connectivity index (χ1v) is 12.1. The third-order valence-electron chi connectivity index (χ3n) is 6.05. The van der Waals surface area contributed by atoms with Crippen LogP contribution in [0.15, 0.2) is 52.5 Å². The van der Waals surface area contributed by atoms with Crippen molar-refractivity contribution in [1.82, 2.24) is 14.7 Å². The second-order valence-corrected chi connectivity index (χ2v) is 9.87. The number of benzene rings is 2. The van der Waals surface area contributed by atoms with E-state index in [1.54, 1.807) is 35.4 Å². The second-order valence-electron chi connectivity index (χ2n) is 8.42. The van der Waals surface area contributed by atoms with Crippen molar-refractivity contribution in [2.24, 2.45) is 4.99 Å². The highest BCUT2D eigenvalue weighted by molar-refractivity contribution is 8.18. The van der Waals surface area contributed by atoms with Crippen molar-refractivity contribution in [3.8, 4) is 0 Å². The Labute approximate surface area is 212 Å². The lowest BCUT2D eigenvalue weighted by Crippen LogP contribution is -2.38. The number of likely N-dealkylation sites (tertiary alicyclic amines) is 1. The van der Waals surface area contributed by atoms with Gasteiger partial charge in [0, 0.05) is 17.0 Å². The number of nitrogens with zero attached hydrogens (tertiary/aromatic N) is 4. The molecule has 7 nitrogen and oxygen atoms in total. The van der Waals surface area contributed by atoms with Crippen molar-refractivity contribution in [2.75, 3.05) is 6.54 Å². The number of carbonyl (C=O) groups excluding carboxylic acids is 1. The molecule has 0 saturated carbocycles. The van der Waals surface area contributed by atoms with Gasteiger partial charge < -0.3 is 10.0 Å². The Morgan fingerprint density at radius 3 is 2.81 bits per heavy atom. The van der Waals surface area contributed by atoms with E-state index in [1.807, 2.05) is 0 Å². The van der Waals surface area contributed by atoms with Crippen LogP contribution >= 0.6 is 23.4 Å². The van der Waals surface area contributed by atoms with Crippen molar-refractivity contribution in [2.45, 2.75) is 31.6 Å². The minimum absolute atomic E-state index is 0.00348. The molecule has 2 aromatic carbocycles. The first-order chi connectivity index (χ1) is 17.1. The van der Waals surface area contributed by atoms with Crippen LogP contribution in [0.3, 0.4) is 0 Å². The van der Waals surface area contributed by atoms with Crippen molar-refractivity contribution in [3.05, 3.63) is 69.2 Å². The van der Waals surface area contributed by atoms with E-state index in [1.165, 1.54) is 16.8 Å². The van der Waals surface area contributed by atoms with Gasteiger partial charge in [-0.15, -0.1) is 0 Å². The third kappa shape index (κ3) is 4.72. The highest BCUT2D eigenvalue weighted by Crippen LogP contribution is 2.36. The lowest BCUT2D eigenvalue weighted by molar-refractivity contribution is -0.141. The van der Waals surface area contributed by atoms with Crippen molar-refractivity contribution >= 4 is 57.4 Å². The third-order valence-corrected chi connectivity index (χ3v) is 7.31. The monoisotopic (exact) mass is 534 g/mol. The summed E-state index contributed by atoms with van der Waals surface area (Å²) < 4.78 is 41.9. The Morgan fingerprint density at radius 1 is 1.25 bits per heavy atom. The van der Waals surface area contributed by atoms with Crippen LogP contribution in [0.1, 0.15) is 29.5 Å². The maximum absolute atomic E-state index is 13.5. The minimum atomic E-state index is -4.55. The van der Waals surface area contributed by atoms with Gasteiger partial charge in [-0.3, -0.25) is 9.48 Å². The average Bonchev–Trinajstić information content (AvgIpc) is 3.53. The highest BCUT2D eigenvalue weighted by atomic mass is 35.5. The topological polar surface area (TPSA) is 87.8 Å². The summed E-state index contributed by atoms with van der Waals surface area (Å²) in [7, 11) is 0. The number of amides is 1. The van der Waals surface area contributed by atoms with Gasteiger partial charge in [0.2, 0.25) is 0 Å². The van der Waals surface area contributed by atoms with Crippen LogP contribution < -0.4 is 0 Å². The van der Waals surface area contributed by atoms with Crippen LogP contribution in [-0.2, 0) is 22.3 Å². The molecule has 3 aromatic rings. The summed E-state index contributed by atoms with van der Waals surface area (Å²) in [5.74, 6) is -1.38. The SMILES string of the molecule is O=C1N=C(N2CCC[C@H]2C(=O)O)S/C1=C\c1ccc2c(cnn2Cc2ccc(Cl)cc2C(F)(F)F)c1. The predicted octanol–water partition coefficient (Wildman–Crippen LogP) is 5.28. The van der Waals surface area contributed by atoms with Gasteiger partial charge in [0.1, 0.15) is 6.04 Å². The normalized spacial score (nSPS) is 19.5. The fourth-order valence-electron chi connectivity index (χ4n) is 4.36. The summed E-state index contributed by atoms with van der Waals surface area (Å²) in [4.78, 5) is 30.0. The Morgan fingerprint density at radius 2 is 2.06 bits per heavy atom. The lowest BCUT2D eigenvalue weighted by Gasteiger charge is -2.21. The molecule has 186 valence electrons. The maximum Gasteiger partial charge on any atom is 0.416 e. The molecule has 0 spiro atoms. The molecule has 1 N–H and O–H groups in total. The van der Waals surface area contributed by atoms with Crippen molar-refractivity contribution in [3.63, 3.8) is 0 Å². The lowest BCUT2D eigenvalue weighted by atomic mass is 10.1. The van der Waals surface area contributed by atoms with Gasteiger partial charge >= 0.3 is 12.1 Å². The molecule has 2 aliphatic rings. The van der Waals surface area contributed by atoms with E-state index in [9.17, 15) is 27.9 Å². The summed E-state index contributed by atoms with van der Waals surface area (Å²) in [6, 6.07) is 8.21. The molecular weight excluding hydrogens is 517 g/mol. The van der Waals surface area contributed by atoms with E-state index in [2.05, 4.69) is 10.1 Å². The van der Waals surface area contributed by atoms with Gasteiger partial charge in [0.25, 0.3) is 5.91 Å². The zero-order chi connectivity index (χ0) is 25.6. The smallest absolute Gasteiger partial charge is 0.416 e. The van der Waals surface area contributed by atoms with E-state index in [-0.39, 0.29) is 17.1 Å². The van der Waals surface area contributed by atoms with Gasteiger partial charge in [-0.1, -0.05) is 23.7 Å². The summed E-state index contributed by atoms with van der Waals surface area (Å²) >= 11 is 6.91. The molecule has 1 aromatic heterocycles. The summed E-state index contributed by atoms with van der Waals surface area (Å²) in [6.45, 7) is 0.431. The van der Waals surface area contributed by atoms with Gasteiger partial charge in [-0.25, -0.2) is 4.79 Å². The fourth-order valence-corrected chi connectivity index (χ4v) is 5.52. The Balaban J connectivity index is 1.37. The van der Waals surface area contributed by atoms with E-state index in [0.29, 0.717) is 45.9 Å². The number of hydrogen-bond donors (Lipinski definition) is 1. The number of amidine groups is 1. The minimum Gasteiger partial charge on any atom is -0.480 e. The maximum atomic E-state index is 13.5. The van der Waals surface area contributed by atoms with Gasteiger partial charge in [0.15, 0.2) is 5.17 Å². The second kappa shape index (κ2) is 9.29. The Kier molecular flexibility index (Phi) is 6.29. The number of halogens is 4. The van der Waals surface area contributed by atoms with Gasteiger partial charge in [-0.05, 0) is 66.1 Å². The number of thioether (sulfide) groups is 1. The zero-order valence-corrected chi connectivity index (χ0v) is 20.1. The van der Waals surface area contributed by atoms with E-state index in [4.69, 9.17) is 11.6 Å². The first kappa shape index (κ1) is 24.4. The van der Waals surface area contributed by atoms with E-state index >= 15 is 0 Å². The molecule has 5 rings (SSSR count). The molecule has 0 unspecified atom stereocenters. The first-order valence-electron chi connectivity index (χ1n) is 10.9. The molecule has 1 amide bonds. The van der Waals surface area contributed by atoms with Crippen LogP contribution in [0.5, 0.6) is 0 Å². The number of carbonyl (C=O) groups is 2. The standard InChI is InChI=1S/C24H18ClF3N4O3S/c25-16-5-4-14(17(10-16)24(26,27)28)12-32-18-6-3-13(8-15(18)11-29-32)9-20-21(33)30-23(36-20)31-7-1-2-19(31)22(34)35/h3-6,8-11,19H,1-2,7,12H2,(H,34,35)/b20-9-/t19-/m0/s1. The molecule has 0 radical (unpaired) electrons. The molecule has 0 aliphatic carbocycles. The van der Waals surface area contributed by atoms with Gasteiger partial charge in [0.05, 0.1) is 28.7 Å². The van der Waals surface area contributed by atoms with E-state index < -0.39 is 29.7 Å². The average molecular weight is 535 g/mol. The Bertz CT molecular complexity index is 1450. The number of aromatic nitrogens is 2. The molecular formula is C24H18ClF3N4O3S. The summed E-state index contributed by atoms with van der Waals surface area (Å²) in [6.07, 6.45) is -0.121. The molecule has 3 heterocycles. The Hall–Kier alpha value is -3.31. The van der Waals surface area contributed by atoms with Crippen molar-refractivity contribution < 1.29 is 27.9 Å². The number of aliphatic imine (C=N–C) groups is 1. The number of carboxylic acids is 1. The highest BCUT2D eigenvalue weighted by Gasteiger charge is 2.37. The molecule has 0 bridgehead atoms. The molecule has 1 saturated heterocycles. The molecule has 36 heavy (non-hydrogen) atoms. The number of fused-ring (bicyclic) bond motifs is 1. The van der Waals surface area contributed by atoms with Gasteiger partial charge in [-0.2, -0.15) is 23.3 Å².